The second-order valence-electron chi connectivity index (χ2n) is 3.23. The molecule has 1 aromatic carbocycles. The number of amides is 2. The monoisotopic (exact) mass is 199 g/mol. The second kappa shape index (κ2) is 3.53. The molecule has 0 saturated carbocycles. The first-order valence-electron chi connectivity index (χ1n) is 4.50. The van der Waals surface area contributed by atoms with Gasteiger partial charge in [0.1, 0.15) is 0 Å². The predicted octanol–water partition coefficient (Wildman–Crippen LogP) is 1.28. The van der Waals surface area contributed by atoms with Crippen molar-refractivity contribution < 1.29 is 9.59 Å². The molecule has 3 heteroatoms. The van der Waals surface area contributed by atoms with Crippen LogP contribution < -0.4 is 5.32 Å². The van der Waals surface area contributed by atoms with Crippen LogP contribution in [-0.2, 0) is 9.59 Å². The Kier molecular flexibility index (Phi) is 2.21. The molecule has 1 N–H and O–H groups in total. The Morgan fingerprint density at radius 3 is 2.27 bits per heavy atom. The lowest BCUT2D eigenvalue weighted by atomic mass is 10.1. The number of hydrogen-bond donors (Lipinski definition) is 1. The molecule has 1 aliphatic rings. The number of benzene rings is 1. The van der Waals surface area contributed by atoms with Crippen LogP contribution in [0.5, 0.6) is 0 Å². The fourth-order valence-corrected chi connectivity index (χ4v) is 1.37. The molecule has 1 heterocycles. The van der Waals surface area contributed by atoms with Gasteiger partial charge in [0.25, 0.3) is 11.8 Å². The van der Waals surface area contributed by atoms with Crippen LogP contribution in [0.3, 0.4) is 0 Å². The van der Waals surface area contributed by atoms with Gasteiger partial charge in [0.15, 0.2) is 0 Å². The first-order chi connectivity index (χ1) is 7.18. The van der Waals surface area contributed by atoms with Gasteiger partial charge in [-0.25, -0.2) is 0 Å². The van der Waals surface area contributed by atoms with E-state index in [4.69, 9.17) is 0 Å². The molecule has 0 atom stereocenters. The maximum atomic E-state index is 11.3. The maximum absolute atomic E-state index is 11.3. The lowest BCUT2D eigenvalue weighted by molar-refractivity contribution is -0.123. The van der Waals surface area contributed by atoms with Gasteiger partial charge in [-0.3, -0.25) is 14.9 Å². The van der Waals surface area contributed by atoms with E-state index in [2.05, 4.69) is 11.9 Å². The van der Waals surface area contributed by atoms with Crippen LogP contribution in [0.15, 0.2) is 48.1 Å². The van der Waals surface area contributed by atoms with E-state index in [0.29, 0.717) is 5.57 Å². The van der Waals surface area contributed by atoms with Crippen molar-refractivity contribution in [3.8, 4) is 0 Å². The Balaban J connectivity index is 2.40. The number of imide groups is 1. The quantitative estimate of drug-likeness (QED) is 0.547. The SMILES string of the molecule is C=C1C(=O)NC(=O)C1=Cc1ccccc1. The minimum absolute atomic E-state index is 0.226. The summed E-state index contributed by atoms with van der Waals surface area (Å²) in [7, 11) is 0. The average Bonchev–Trinajstić information content (AvgIpc) is 2.47. The smallest absolute Gasteiger partial charge is 0.258 e. The number of hydrogen-bond acceptors (Lipinski definition) is 2. The average molecular weight is 199 g/mol. The fourth-order valence-electron chi connectivity index (χ4n) is 1.37. The molecule has 0 radical (unpaired) electrons. The van der Waals surface area contributed by atoms with Crippen molar-refractivity contribution in [2.24, 2.45) is 0 Å². The standard InChI is InChI=1S/C12H9NO2/c1-8-10(12(15)13-11(8)14)7-9-5-3-2-4-6-9/h2-7H,1H2,(H,13,14,15). The van der Waals surface area contributed by atoms with Crippen LogP contribution in [0.2, 0.25) is 0 Å². The van der Waals surface area contributed by atoms with Crippen molar-refractivity contribution in [3.63, 3.8) is 0 Å². The third-order valence-corrected chi connectivity index (χ3v) is 2.18. The maximum Gasteiger partial charge on any atom is 0.258 e. The van der Waals surface area contributed by atoms with Gasteiger partial charge < -0.3 is 0 Å². The van der Waals surface area contributed by atoms with Crippen molar-refractivity contribution in [3.05, 3.63) is 53.6 Å². The van der Waals surface area contributed by atoms with E-state index in [0.717, 1.165) is 5.56 Å². The predicted molar refractivity (Wildman–Crippen MR) is 56.7 cm³/mol. The first kappa shape index (κ1) is 9.40. The Bertz CT molecular complexity index is 472. The Hall–Kier alpha value is -2.16. The molecule has 3 nitrogen and oxygen atoms in total. The summed E-state index contributed by atoms with van der Waals surface area (Å²) < 4.78 is 0. The van der Waals surface area contributed by atoms with Crippen LogP contribution in [0.4, 0.5) is 0 Å². The zero-order valence-corrected chi connectivity index (χ0v) is 7.99. The van der Waals surface area contributed by atoms with Gasteiger partial charge in [-0.15, -0.1) is 0 Å². The molecule has 2 rings (SSSR count). The molecule has 15 heavy (non-hydrogen) atoms. The number of nitrogens with one attached hydrogen (secondary N) is 1. The summed E-state index contributed by atoms with van der Waals surface area (Å²) >= 11 is 0. The topological polar surface area (TPSA) is 46.2 Å². The highest BCUT2D eigenvalue weighted by atomic mass is 16.2. The molecule has 1 aromatic rings. The van der Waals surface area contributed by atoms with Crippen molar-refractivity contribution >= 4 is 17.9 Å². The van der Waals surface area contributed by atoms with E-state index < -0.39 is 5.91 Å². The van der Waals surface area contributed by atoms with Gasteiger partial charge in [-0.05, 0) is 11.6 Å². The zero-order chi connectivity index (χ0) is 10.8. The lowest BCUT2D eigenvalue weighted by Crippen LogP contribution is -2.19. The highest BCUT2D eigenvalue weighted by Crippen LogP contribution is 2.18. The van der Waals surface area contributed by atoms with E-state index in [1.807, 2.05) is 30.3 Å². The Morgan fingerprint density at radius 2 is 1.73 bits per heavy atom. The van der Waals surface area contributed by atoms with Gasteiger partial charge in [-0.1, -0.05) is 36.9 Å². The normalized spacial score (nSPS) is 18.4. The second-order valence-corrected chi connectivity index (χ2v) is 3.23. The molecule has 1 saturated heterocycles. The number of carbonyl (C=O) groups is 2. The van der Waals surface area contributed by atoms with Crippen molar-refractivity contribution in [1.82, 2.24) is 5.32 Å². The van der Waals surface area contributed by atoms with E-state index in [-0.39, 0.29) is 11.5 Å². The lowest BCUT2D eigenvalue weighted by Gasteiger charge is -1.94. The van der Waals surface area contributed by atoms with E-state index in [9.17, 15) is 9.59 Å². The molecule has 0 unspecified atom stereocenters. The van der Waals surface area contributed by atoms with E-state index in [1.54, 1.807) is 6.08 Å². The van der Waals surface area contributed by atoms with Crippen molar-refractivity contribution in [1.29, 1.82) is 0 Å². The summed E-state index contributed by atoms with van der Waals surface area (Å²) in [6, 6.07) is 9.33. The molecule has 1 fully saturated rings. The fraction of sp³-hybridized carbons (Fsp3) is 0. The van der Waals surface area contributed by atoms with Gasteiger partial charge in [-0.2, -0.15) is 0 Å². The minimum Gasteiger partial charge on any atom is -0.288 e. The summed E-state index contributed by atoms with van der Waals surface area (Å²) in [6.45, 7) is 3.56. The molecule has 0 aliphatic carbocycles. The molecule has 0 aromatic heterocycles. The summed E-state index contributed by atoms with van der Waals surface area (Å²) in [5, 5.41) is 2.19. The summed E-state index contributed by atoms with van der Waals surface area (Å²) in [6.07, 6.45) is 1.66. The molecular weight excluding hydrogens is 190 g/mol. The molecule has 1 aliphatic heterocycles. The third-order valence-electron chi connectivity index (χ3n) is 2.18. The molecule has 0 spiro atoms. The van der Waals surface area contributed by atoms with Crippen LogP contribution in [0, 0.1) is 0 Å². The zero-order valence-electron chi connectivity index (χ0n) is 7.99. The summed E-state index contributed by atoms with van der Waals surface area (Å²) in [4.78, 5) is 22.5. The Labute approximate surface area is 87.1 Å². The van der Waals surface area contributed by atoms with Gasteiger partial charge >= 0.3 is 0 Å². The first-order valence-corrected chi connectivity index (χ1v) is 4.50. The van der Waals surface area contributed by atoms with Gasteiger partial charge in [0.2, 0.25) is 0 Å². The van der Waals surface area contributed by atoms with Crippen molar-refractivity contribution in [2.45, 2.75) is 0 Å². The highest BCUT2D eigenvalue weighted by Gasteiger charge is 2.28. The molecule has 74 valence electrons. The highest BCUT2D eigenvalue weighted by molar-refractivity contribution is 6.26. The summed E-state index contributed by atoms with van der Waals surface area (Å²) in [5.41, 5.74) is 1.44. The van der Waals surface area contributed by atoms with Crippen LogP contribution in [-0.4, -0.2) is 11.8 Å². The molecular formula is C12H9NO2. The van der Waals surface area contributed by atoms with Gasteiger partial charge in [0.05, 0.1) is 5.57 Å². The number of carbonyl (C=O) groups excluding carboxylic acids is 2. The van der Waals surface area contributed by atoms with Crippen LogP contribution in [0.25, 0.3) is 6.08 Å². The van der Waals surface area contributed by atoms with E-state index >= 15 is 0 Å². The third kappa shape index (κ3) is 1.72. The molecule has 2 amide bonds. The summed E-state index contributed by atoms with van der Waals surface area (Å²) in [5.74, 6) is -0.795. The van der Waals surface area contributed by atoms with E-state index in [1.165, 1.54) is 0 Å². The molecule has 0 bridgehead atoms. The van der Waals surface area contributed by atoms with Gasteiger partial charge in [0, 0.05) is 5.57 Å². The van der Waals surface area contributed by atoms with Crippen LogP contribution in [0.1, 0.15) is 5.56 Å². The minimum atomic E-state index is -0.415. The largest absolute Gasteiger partial charge is 0.288 e. The van der Waals surface area contributed by atoms with Crippen LogP contribution >= 0.6 is 0 Å². The van der Waals surface area contributed by atoms with Crippen molar-refractivity contribution in [2.75, 3.05) is 0 Å². The number of rotatable bonds is 1. The Morgan fingerprint density at radius 1 is 1.07 bits per heavy atom.